The van der Waals surface area contributed by atoms with Crippen molar-refractivity contribution in [1.29, 1.82) is 0 Å². The zero-order valence-corrected chi connectivity index (χ0v) is 31.8. The summed E-state index contributed by atoms with van der Waals surface area (Å²) in [5, 5.41) is 12.0. The Bertz CT molecular complexity index is 3030. The molecule has 11 rings (SSSR count). The minimum atomic E-state index is 0.128. The van der Waals surface area contributed by atoms with E-state index in [0.29, 0.717) is 0 Å². The molecule has 2 aliphatic rings. The third-order valence-electron chi connectivity index (χ3n) is 12.8. The van der Waals surface area contributed by atoms with Gasteiger partial charge in [0, 0.05) is 64.5 Å². The molecule has 3 heterocycles. The normalized spacial score (nSPS) is 15.6. The zero-order chi connectivity index (χ0) is 35.8. The molecular formula is C49H41BN2S. The fourth-order valence-electron chi connectivity index (χ4n) is 9.85. The number of nitrogens with zero attached hydrogens (tertiary/aromatic N) is 1. The Morgan fingerprint density at radius 3 is 2.17 bits per heavy atom. The Morgan fingerprint density at radius 1 is 0.642 bits per heavy atom. The van der Waals surface area contributed by atoms with Gasteiger partial charge in [-0.15, -0.1) is 11.3 Å². The Morgan fingerprint density at radius 2 is 1.34 bits per heavy atom. The van der Waals surface area contributed by atoms with E-state index in [0.717, 1.165) is 7.28 Å². The minimum absolute atomic E-state index is 0.128. The van der Waals surface area contributed by atoms with E-state index in [1.807, 2.05) is 11.3 Å². The third-order valence-corrected chi connectivity index (χ3v) is 14.0. The monoisotopic (exact) mass is 700 g/mol. The molecule has 0 saturated carbocycles. The summed E-state index contributed by atoms with van der Waals surface area (Å²) >= 11 is 1.93. The van der Waals surface area contributed by atoms with Crippen molar-refractivity contribution in [1.82, 2.24) is 4.57 Å². The van der Waals surface area contributed by atoms with E-state index in [4.69, 9.17) is 0 Å². The van der Waals surface area contributed by atoms with Crippen LogP contribution in [0.2, 0.25) is 0 Å². The predicted octanol–water partition coefficient (Wildman–Crippen LogP) is 12.1. The highest BCUT2D eigenvalue weighted by atomic mass is 32.1. The van der Waals surface area contributed by atoms with Crippen LogP contribution in [-0.2, 0) is 10.8 Å². The van der Waals surface area contributed by atoms with Crippen molar-refractivity contribution in [2.24, 2.45) is 0 Å². The molecule has 0 fully saturated rings. The van der Waals surface area contributed by atoms with Gasteiger partial charge in [0.25, 0.3) is 0 Å². The summed E-state index contributed by atoms with van der Waals surface area (Å²) in [5.74, 6) is 0. The van der Waals surface area contributed by atoms with Gasteiger partial charge in [-0.25, -0.2) is 0 Å². The van der Waals surface area contributed by atoms with Gasteiger partial charge in [0.1, 0.15) is 0 Å². The first-order valence-corrected chi connectivity index (χ1v) is 19.9. The lowest BCUT2D eigenvalue weighted by Crippen LogP contribution is -2.37. The van der Waals surface area contributed by atoms with Crippen molar-refractivity contribution < 1.29 is 0 Å². The van der Waals surface area contributed by atoms with Crippen LogP contribution in [0.1, 0.15) is 57.2 Å². The summed E-state index contributed by atoms with van der Waals surface area (Å²) in [7, 11) is 0.880. The first kappa shape index (κ1) is 31.2. The molecule has 0 unspecified atom stereocenters. The van der Waals surface area contributed by atoms with Crippen molar-refractivity contribution in [2.75, 3.05) is 5.32 Å². The maximum atomic E-state index is 4.11. The third kappa shape index (κ3) is 4.39. The number of fused-ring (bicyclic) bond motifs is 11. The Balaban J connectivity index is 1.24. The summed E-state index contributed by atoms with van der Waals surface area (Å²) < 4.78 is 5.25. The summed E-state index contributed by atoms with van der Waals surface area (Å²) in [6.07, 6.45) is 2.41. The molecule has 0 atom stereocenters. The molecule has 1 N–H and O–H groups in total. The first-order chi connectivity index (χ1) is 25.7. The Labute approximate surface area is 315 Å². The van der Waals surface area contributed by atoms with Crippen molar-refractivity contribution in [3.8, 4) is 16.8 Å². The Kier molecular flexibility index (Phi) is 6.40. The van der Waals surface area contributed by atoms with Gasteiger partial charge < -0.3 is 9.88 Å². The number of aromatic nitrogens is 1. The molecule has 2 aromatic heterocycles. The lowest BCUT2D eigenvalue weighted by molar-refractivity contribution is 0.332. The molecule has 0 saturated heterocycles. The van der Waals surface area contributed by atoms with Crippen LogP contribution < -0.4 is 16.2 Å². The van der Waals surface area contributed by atoms with Gasteiger partial charge in [0.15, 0.2) is 7.28 Å². The number of thiophene rings is 1. The van der Waals surface area contributed by atoms with Gasteiger partial charge in [0.05, 0.1) is 5.52 Å². The Hall–Kier alpha value is -5.32. The van der Waals surface area contributed by atoms with Crippen molar-refractivity contribution in [3.05, 3.63) is 138 Å². The maximum absolute atomic E-state index is 4.11. The number of para-hydroxylation sites is 2. The van der Waals surface area contributed by atoms with Crippen LogP contribution in [0.3, 0.4) is 0 Å². The van der Waals surface area contributed by atoms with E-state index in [1.54, 1.807) is 0 Å². The quantitative estimate of drug-likeness (QED) is 0.182. The molecule has 0 radical (unpaired) electrons. The highest BCUT2D eigenvalue weighted by Crippen LogP contribution is 2.50. The molecule has 1 aliphatic carbocycles. The van der Waals surface area contributed by atoms with Gasteiger partial charge in [-0.05, 0) is 94.0 Å². The molecule has 1 aliphatic heterocycles. The van der Waals surface area contributed by atoms with E-state index in [9.17, 15) is 0 Å². The highest BCUT2D eigenvalue weighted by molar-refractivity contribution is 7.26. The van der Waals surface area contributed by atoms with Crippen molar-refractivity contribution >= 4 is 93.7 Å². The van der Waals surface area contributed by atoms with Crippen LogP contribution in [0.25, 0.3) is 69.6 Å². The van der Waals surface area contributed by atoms with E-state index in [-0.39, 0.29) is 10.8 Å². The molecule has 4 heteroatoms. The van der Waals surface area contributed by atoms with Crippen LogP contribution in [0.15, 0.2) is 121 Å². The average Bonchev–Trinajstić information content (AvgIpc) is 3.71. The fraction of sp³-hybridized carbons (Fsp3) is 0.184. The fourth-order valence-corrected chi connectivity index (χ4v) is 11.1. The van der Waals surface area contributed by atoms with Gasteiger partial charge in [-0.2, -0.15) is 0 Å². The standard InChI is InChI=1S/C49H41BN2S/c1-28-25-36-37(49(4,5)24-23-48(36,2)3)27-40(28)51-39-22-21-34-32-16-9-11-20-42(32)53-47(34)43(39)35-26-29-13-6-7-14-30(29)46-44(35)50-38-18-12-17-33-31-15-8-10-19-41(31)52(46)45(33)38/h6-22,25-27,50-51H,23-24H2,1-5H3. The largest absolute Gasteiger partial charge is 0.355 e. The number of aryl methyl sites for hydroxylation is 1. The van der Waals surface area contributed by atoms with Gasteiger partial charge in [-0.1, -0.05) is 124 Å². The number of anilines is 2. The SMILES string of the molecule is Cc1cc2c(cc1Nc1ccc3c(sc4ccccc43)c1-c1cc3ccccc3c3c1Bc1cccc4c5ccccc5n-3c14)C(C)(C)CCC2(C)C. The van der Waals surface area contributed by atoms with Crippen LogP contribution in [0.4, 0.5) is 11.4 Å². The molecule has 0 spiro atoms. The summed E-state index contributed by atoms with van der Waals surface area (Å²) in [4.78, 5) is 0. The number of hydrogen-bond donors (Lipinski definition) is 1. The molecule has 7 aromatic carbocycles. The molecule has 53 heavy (non-hydrogen) atoms. The van der Waals surface area contributed by atoms with Gasteiger partial charge in [0.2, 0.25) is 0 Å². The maximum Gasteiger partial charge on any atom is 0.198 e. The summed E-state index contributed by atoms with van der Waals surface area (Å²) in [5.41, 5.74) is 16.3. The van der Waals surface area contributed by atoms with Crippen LogP contribution in [0.5, 0.6) is 0 Å². The van der Waals surface area contributed by atoms with Crippen LogP contribution in [0, 0.1) is 6.92 Å². The molecule has 9 aromatic rings. The predicted molar refractivity (Wildman–Crippen MR) is 233 cm³/mol. The molecule has 256 valence electrons. The average molecular weight is 701 g/mol. The second-order valence-corrected chi connectivity index (χ2v) is 17.9. The summed E-state index contributed by atoms with van der Waals surface area (Å²) in [6, 6.07) is 46.0. The van der Waals surface area contributed by atoms with E-state index in [2.05, 4.69) is 166 Å². The van der Waals surface area contributed by atoms with E-state index >= 15 is 0 Å². The molecule has 0 amide bonds. The first-order valence-electron chi connectivity index (χ1n) is 19.1. The van der Waals surface area contributed by atoms with Crippen LogP contribution >= 0.6 is 11.3 Å². The molecular weight excluding hydrogens is 659 g/mol. The van der Waals surface area contributed by atoms with Crippen LogP contribution in [-0.4, -0.2) is 11.8 Å². The van der Waals surface area contributed by atoms with Gasteiger partial charge in [-0.3, -0.25) is 0 Å². The number of hydrogen-bond acceptors (Lipinski definition) is 2. The topological polar surface area (TPSA) is 17.0 Å². The minimum Gasteiger partial charge on any atom is -0.355 e. The second kappa shape index (κ2) is 10.9. The smallest absolute Gasteiger partial charge is 0.198 e. The van der Waals surface area contributed by atoms with E-state index < -0.39 is 0 Å². The molecule has 0 bridgehead atoms. The summed E-state index contributed by atoms with van der Waals surface area (Å²) in [6.45, 7) is 12.0. The molecule has 2 nitrogen and oxygen atoms in total. The van der Waals surface area contributed by atoms with Crippen molar-refractivity contribution in [3.63, 3.8) is 0 Å². The lowest BCUT2D eigenvalue weighted by Gasteiger charge is -2.42. The highest BCUT2D eigenvalue weighted by Gasteiger charge is 2.38. The lowest BCUT2D eigenvalue weighted by atomic mass is 9.58. The second-order valence-electron chi connectivity index (χ2n) is 16.9. The number of benzene rings is 7. The number of rotatable bonds is 3. The number of nitrogens with one attached hydrogen (secondary N) is 1. The van der Waals surface area contributed by atoms with Gasteiger partial charge >= 0.3 is 0 Å². The van der Waals surface area contributed by atoms with Crippen molar-refractivity contribution in [2.45, 2.75) is 58.3 Å². The zero-order valence-electron chi connectivity index (χ0n) is 31.0. The van der Waals surface area contributed by atoms with E-state index in [1.165, 1.54) is 121 Å².